The van der Waals surface area contributed by atoms with E-state index in [1.165, 1.54) is 0 Å². The Labute approximate surface area is 118 Å². The van der Waals surface area contributed by atoms with E-state index in [0.717, 1.165) is 45.3 Å². The Morgan fingerprint density at radius 2 is 2.11 bits per heavy atom. The van der Waals surface area contributed by atoms with Gasteiger partial charge < -0.3 is 15.2 Å². The Morgan fingerprint density at radius 1 is 1.37 bits per heavy atom. The largest absolute Gasteiger partial charge is 0.350 e. The lowest BCUT2D eigenvalue weighted by Crippen LogP contribution is -2.36. The van der Waals surface area contributed by atoms with Gasteiger partial charge in [0.1, 0.15) is 5.69 Å². The summed E-state index contributed by atoms with van der Waals surface area (Å²) in [4.78, 5) is 12.2. The number of halogens is 1. The van der Waals surface area contributed by atoms with Crippen molar-refractivity contribution >= 4 is 17.5 Å². The summed E-state index contributed by atoms with van der Waals surface area (Å²) >= 11 is 6.02. The third-order valence-electron chi connectivity index (χ3n) is 4.00. The summed E-state index contributed by atoms with van der Waals surface area (Å²) in [5, 5.41) is 7.05. The molecule has 1 aromatic rings. The third kappa shape index (κ3) is 3.12. The summed E-state index contributed by atoms with van der Waals surface area (Å²) in [7, 11) is 0. The normalized spacial score (nSPS) is 20.5. The molecule has 1 aromatic heterocycles. The van der Waals surface area contributed by atoms with Crippen LogP contribution in [0.25, 0.3) is 0 Å². The molecule has 2 fully saturated rings. The van der Waals surface area contributed by atoms with Crippen molar-refractivity contribution in [1.82, 2.24) is 15.2 Å². The Morgan fingerprint density at radius 3 is 2.79 bits per heavy atom. The Kier molecular flexibility index (Phi) is 3.80. The first kappa shape index (κ1) is 13.0. The smallest absolute Gasteiger partial charge is 0.267 e. The second-order valence-electron chi connectivity index (χ2n) is 5.59. The summed E-state index contributed by atoms with van der Waals surface area (Å²) in [5.41, 5.74) is 0.710. The van der Waals surface area contributed by atoms with Gasteiger partial charge >= 0.3 is 0 Å². The highest BCUT2D eigenvalue weighted by Crippen LogP contribution is 2.37. The van der Waals surface area contributed by atoms with Gasteiger partial charge in [0.25, 0.3) is 5.91 Å². The molecule has 2 aliphatic rings. The molecule has 0 spiro atoms. The molecule has 1 aliphatic heterocycles. The van der Waals surface area contributed by atoms with Gasteiger partial charge in [0.2, 0.25) is 0 Å². The lowest BCUT2D eigenvalue weighted by Gasteiger charge is -2.22. The summed E-state index contributed by atoms with van der Waals surface area (Å²) in [6, 6.07) is 2.25. The number of amides is 1. The molecule has 0 unspecified atom stereocenters. The van der Waals surface area contributed by atoms with Gasteiger partial charge in [0.15, 0.2) is 0 Å². The second kappa shape index (κ2) is 5.55. The van der Waals surface area contributed by atoms with Gasteiger partial charge in [-0.25, -0.2) is 0 Å². The van der Waals surface area contributed by atoms with E-state index in [-0.39, 0.29) is 5.91 Å². The first-order valence-electron chi connectivity index (χ1n) is 7.10. The molecule has 0 radical (unpaired) electrons. The van der Waals surface area contributed by atoms with Gasteiger partial charge in [-0.2, -0.15) is 0 Å². The van der Waals surface area contributed by atoms with Gasteiger partial charge in [0.05, 0.1) is 5.02 Å². The molecule has 1 saturated carbocycles. The van der Waals surface area contributed by atoms with Crippen LogP contribution in [0.2, 0.25) is 5.02 Å². The standard InChI is InChI=1S/C14H20ClN3O/c15-11-7-13(18(9-11)12-1-2-12)14(19)17-8-10-3-5-16-6-4-10/h7,9-10,12,16H,1-6,8H2,(H,17,19). The van der Waals surface area contributed by atoms with Crippen LogP contribution >= 0.6 is 11.6 Å². The number of hydrogen-bond acceptors (Lipinski definition) is 2. The topological polar surface area (TPSA) is 46.1 Å². The quantitative estimate of drug-likeness (QED) is 0.889. The maximum Gasteiger partial charge on any atom is 0.267 e. The van der Waals surface area contributed by atoms with Gasteiger partial charge in [-0.05, 0) is 50.8 Å². The highest BCUT2D eigenvalue weighted by molar-refractivity contribution is 6.31. The van der Waals surface area contributed by atoms with E-state index in [4.69, 9.17) is 11.6 Å². The molecule has 0 bridgehead atoms. The van der Waals surface area contributed by atoms with E-state index in [1.54, 1.807) is 6.07 Å². The highest BCUT2D eigenvalue weighted by Gasteiger charge is 2.28. The van der Waals surface area contributed by atoms with Gasteiger partial charge in [-0.1, -0.05) is 11.6 Å². The van der Waals surface area contributed by atoms with Crippen LogP contribution in [0.15, 0.2) is 12.3 Å². The van der Waals surface area contributed by atoms with Crippen molar-refractivity contribution in [2.75, 3.05) is 19.6 Å². The van der Waals surface area contributed by atoms with E-state index in [9.17, 15) is 4.79 Å². The van der Waals surface area contributed by atoms with Crippen LogP contribution < -0.4 is 10.6 Å². The van der Waals surface area contributed by atoms with Crippen LogP contribution in [0, 0.1) is 5.92 Å². The number of aromatic nitrogens is 1. The van der Waals surface area contributed by atoms with Gasteiger partial charge in [-0.15, -0.1) is 0 Å². The molecule has 19 heavy (non-hydrogen) atoms. The Bertz CT molecular complexity index is 461. The Balaban J connectivity index is 1.60. The predicted molar refractivity (Wildman–Crippen MR) is 75.6 cm³/mol. The van der Waals surface area contributed by atoms with Crippen LogP contribution in [-0.4, -0.2) is 30.1 Å². The molecule has 2 N–H and O–H groups in total. The molecule has 5 heteroatoms. The fourth-order valence-electron chi connectivity index (χ4n) is 2.70. The van der Waals surface area contributed by atoms with E-state index in [1.807, 2.05) is 10.8 Å². The average Bonchev–Trinajstić information content (AvgIpc) is 3.20. The molecular formula is C14H20ClN3O. The number of nitrogens with zero attached hydrogens (tertiary/aromatic N) is 1. The molecule has 1 amide bonds. The van der Waals surface area contributed by atoms with E-state index in [0.29, 0.717) is 22.7 Å². The van der Waals surface area contributed by atoms with Crippen molar-refractivity contribution in [2.24, 2.45) is 5.92 Å². The first-order valence-corrected chi connectivity index (χ1v) is 7.48. The van der Waals surface area contributed by atoms with E-state index >= 15 is 0 Å². The maximum absolute atomic E-state index is 12.2. The molecule has 1 aliphatic carbocycles. The molecule has 1 saturated heterocycles. The summed E-state index contributed by atoms with van der Waals surface area (Å²) in [6.45, 7) is 2.89. The summed E-state index contributed by atoms with van der Waals surface area (Å²) in [6.07, 6.45) is 6.47. The SMILES string of the molecule is O=C(NCC1CCNCC1)c1cc(Cl)cn1C1CC1. The van der Waals surface area contributed by atoms with Gasteiger partial charge in [0, 0.05) is 18.8 Å². The number of piperidine rings is 1. The van der Waals surface area contributed by atoms with Crippen LogP contribution in [0.1, 0.15) is 42.2 Å². The first-order chi connectivity index (χ1) is 9.24. The molecule has 2 heterocycles. The molecule has 104 valence electrons. The maximum atomic E-state index is 12.2. The fraction of sp³-hybridized carbons (Fsp3) is 0.643. The number of hydrogen-bond donors (Lipinski definition) is 2. The minimum absolute atomic E-state index is 0.0114. The van der Waals surface area contributed by atoms with Crippen molar-refractivity contribution in [3.8, 4) is 0 Å². The fourth-order valence-corrected chi connectivity index (χ4v) is 2.90. The Hall–Kier alpha value is -1.00. The van der Waals surface area contributed by atoms with Crippen LogP contribution in [-0.2, 0) is 0 Å². The van der Waals surface area contributed by atoms with Crippen molar-refractivity contribution in [3.05, 3.63) is 23.0 Å². The number of carbonyl (C=O) groups is 1. The van der Waals surface area contributed by atoms with Crippen LogP contribution in [0.5, 0.6) is 0 Å². The van der Waals surface area contributed by atoms with Crippen molar-refractivity contribution in [1.29, 1.82) is 0 Å². The van der Waals surface area contributed by atoms with Crippen LogP contribution in [0.4, 0.5) is 0 Å². The zero-order chi connectivity index (χ0) is 13.2. The van der Waals surface area contributed by atoms with E-state index < -0.39 is 0 Å². The highest BCUT2D eigenvalue weighted by atomic mass is 35.5. The third-order valence-corrected chi connectivity index (χ3v) is 4.20. The van der Waals surface area contributed by atoms with Crippen molar-refractivity contribution < 1.29 is 4.79 Å². The summed E-state index contributed by atoms with van der Waals surface area (Å²) < 4.78 is 2.03. The number of carbonyl (C=O) groups excluding carboxylic acids is 1. The zero-order valence-electron chi connectivity index (χ0n) is 11.0. The monoisotopic (exact) mass is 281 g/mol. The van der Waals surface area contributed by atoms with Gasteiger partial charge in [-0.3, -0.25) is 4.79 Å². The molecule has 0 atom stereocenters. The molecule has 4 nitrogen and oxygen atoms in total. The zero-order valence-corrected chi connectivity index (χ0v) is 11.7. The molecule has 3 rings (SSSR count). The van der Waals surface area contributed by atoms with E-state index in [2.05, 4.69) is 10.6 Å². The van der Waals surface area contributed by atoms with Crippen LogP contribution in [0.3, 0.4) is 0 Å². The molecular weight excluding hydrogens is 262 g/mol. The molecule has 0 aromatic carbocycles. The second-order valence-corrected chi connectivity index (χ2v) is 6.02. The number of nitrogens with one attached hydrogen (secondary N) is 2. The minimum atomic E-state index is 0.0114. The number of rotatable bonds is 4. The summed E-state index contributed by atoms with van der Waals surface area (Å²) in [5.74, 6) is 0.613. The average molecular weight is 282 g/mol. The predicted octanol–water partition coefficient (Wildman–Crippen LogP) is 2.21. The van der Waals surface area contributed by atoms with Crippen molar-refractivity contribution in [3.63, 3.8) is 0 Å². The van der Waals surface area contributed by atoms with Crippen molar-refractivity contribution in [2.45, 2.75) is 31.7 Å². The minimum Gasteiger partial charge on any atom is -0.350 e. The lowest BCUT2D eigenvalue weighted by molar-refractivity contribution is 0.0934. The lowest BCUT2D eigenvalue weighted by atomic mass is 9.98.